The fourth-order valence-corrected chi connectivity index (χ4v) is 24.3. The lowest BCUT2D eigenvalue weighted by Crippen LogP contribution is -2.50. The molecule has 0 aromatic rings. The Hall–Kier alpha value is -0.232. The third-order valence-electron chi connectivity index (χ3n) is 6.56. The van der Waals surface area contributed by atoms with Gasteiger partial charge >= 0.3 is 0 Å². The van der Waals surface area contributed by atoms with Gasteiger partial charge in [0.25, 0.3) is 17.4 Å². The average molecular weight is 629 g/mol. The first-order valence-corrected chi connectivity index (χ1v) is 25.3. The van der Waals surface area contributed by atoms with Crippen molar-refractivity contribution in [3.8, 4) is 0 Å². The Labute approximate surface area is 238 Å². The summed E-state index contributed by atoms with van der Waals surface area (Å²) in [5.41, 5.74) is 1.21. The molecule has 1 amide bonds. The van der Waals surface area contributed by atoms with Gasteiger partial charge in [0.15, 0.2) is 16.6 Å². The van der Waals surface area contributed by atoms with E-state index in [4.69, 9.17) is 4.12 Å². The van der Waals surface area contributed by atoms with Crippen LogP contribution < -0.4 is 5.32 Å². The molecule has 0 aromatic carbocycles. The molecule has 14 heteroatoms. The Balaban J connectivity index is 0. The van der Waals surface area contributed by atoms with Gasteiger partial charge in [0, 0.05) is 31.5 Å². The van der Waals surface area contributed by atoms with E-state index in [2.05, 4.69) is 39.1 Å². The van der Waals surface area contributed by atoms with Crippen molar-refractivity contribution in [1.82, 2.24) is 5.32 Å². The van der Waals surface area contributed by atoms with Gasteiger partial charge in [-0.15, -0.1) is 0 Å². The zero-order valence-electron chi connectivity index (χ0n) is 25.0. The predicted octanol–water partition coefficient (Wildman–Crippen LogP) is 4.46. The second-order valence-electron chi connectivity index (χ2n) is 12.2. The summed E-state index contributed by atoms with van der Waals surface area (Å²) in [7, 11) is -7.73. The molecule has 0 aliphatic rings. The molecule has 0 atom stereocenters. The highest BCUT2D eigenvalue weighted by Crippen LogP contribution is 2.29. The minimum absolute atomic E-state index is 0. The van der Waals surface area contributed by atoms with Gasteiger partial charge in [-0.2, -0.15) is 0 Å². The first-order chi connectivity index (χ1) is 17.4. The maximum atomic E-state index is 12.6. The number of amides is 1. The summed E-state index contributed by atoms with van der Waals surface area (Å²) < 4.78 is 64.9. The molecule has 0 spiro atoms. The molecule has 0 aliphatic heterocycles. The maximum absolute atomic E-state index is 12.6. The van der Waals surface area contributed by atoms with Crippen LogP contribution in [-0.4, -0.2) is 96.8 Å². The molecular weight excluding hydrogens is 573 g/mol. The summed E-state index contributed by atoms with van der Waals surface area (Å²) in [5.74, 6) is -0.255. The summed E-state index contributed by atoms with van der Waals surface area (Å²) in [4.78, 5) is 12.4. The minimum Gasteiger partial charge on any atom is -0.748 e. The van der Waals surface area contributed by atoms with E-state index in [0.29, 0.717) is 49.2 Å². The zero-order chi connectivity index (χ0) is 29.5. The quantitative estimate of drug-likeness (QED) is 0.0765. The van der Waals surface area contributed by atoms with Gasteiger partial charge in [-0.3, -0.25) is 4.79 Å². The highest BCUT2D eigenvalue weighted by Gasteiger charge is 2.42. The fraction of sp³-hybridized carbons (Fsp3) is 0.958. The lowest BCUT2D eigenvalue weighted by atomic mass is 10.1. The van der Waals surface area contributed by atoms with E-state index >= 15 is 0 Å². The molecule has 0 saturated heterocycles. The van der Waals surface area contributed by atoms with Gasteiger partial charge in [0.2, 0.25) is 5.91 Å². The smallest absolute Gasteiger partial charge is 0.275 e. The number of unbranched alkanes of at least 4 members (excludes halogenated alkanes) is 3. The standard InChI is InChI=1S/C24H54N2O7SSi4.H2/c1-8-35(31)22-38(23-36(32)9-2,33-37(5,6)7)21-15-17-25-24(27)16-11-10-12-18-26(3,4)19-13-14-20-34(28,29)30;/h8-23H2,1-7H3,(H-,25,27,28,29,30);1H. The number of nitrogens with zero attached hydrogens (tertiary/aromatic N) is 1. The number of nitrogens with one attached hydrogen (secondary N) is 1. The third kappa shape index (κ3) is 20.6. The molecule has 38 heavy (non-hydrogen) atoms. The van der Waals surface area contributed by atoms with E-state index in [-0.39, 0.29) is 13.1 Å². The van der Waals surface area contributed by atoms with Crippen molar-refractivity contribution in [2.24, 2.45) is 0 Å². The van der Waals surface area contributed by atoms with Crippen LogP contribution in [0.15, 0.2) is 0 Å². The molecule has 0 aliphatic carbocycles. The van der Waals surface area contributed by atoms with E-state index in [9.17, 15) is 26.7 Å². The van der Waals surface area contributed by atoms with E-state index < -0.39 is 44.1 Å². The third-order valence-corrected chi connectivity index (χ3v) is 22.7. The number of hydrogen-bond acceptors (Lipinski definition) is 7. The van der Waals surface area contributed by atoms with Crippen molar-refractivity contribution in [2.75, 3.05) is 39.5 Å². The molecular formula is C24H56N2O7SSi4. The number of carbonyl (C=O) groups is 1. The normalized spacial score (nSPS) is 12.9. The second kappa shape index (κ2) is 18.3. The Morgan fingerprint density at radius 2 is 1.45 bits per heavy atom. The summed E-state index contributed by atoms with van der Waals surface area (Å²) in [6, 6.07) is 2.10. The van der Waals surface area contributed by atoms with Crippen LogP contribution in [0.4, 0.5) is 0 Å². The van der Waals surface area contributed by atoms with Crippen molar-refractivity contribution < 1.29 is 36.7 Å². The molecule has 0 bridgehead atoms. The Morgan fingerprint density at radius 1 is 0.921 bits per heavy atom. The van der Waals surface area contributed by atoms with Gasteiger partial charge in [-0.1, -0.05) is 13.8 Å². The van der Waals surface area contributed by atoms with Crippen LogP contribution in [0.25, 0.3) is 0 Å². The molecule has 0 fully saturated rings. The topological polar surface area (TPSA) is 130 Å². The number of carbonyl (C=O) groups excluding carboxylic acids is 1. The fourth-order valence-electron chi connectivity index (χ4n) is 4.64. The first kappa shape index (κ1) is 37.8. The van der Waals surface area contributed by atoms with Crippen molar-refractivity contribution in [3.05, 3.63) is 0 Å². The van der Waals surface area contributed by atoms with Crippen LogP contribution in [-0.2, 0) is 28.0 Å². The molecule has 9 nitrogen and oxygen atoms in total. The highest BCUT2D eigenvalue weighted by atomic mass is 32.2. The van der Waals surface area contributed by atoms with Crippen LogP contribution in [0, 0.1) is 0 Å². The second-order valence-corrected chi connectivity index (χ2v) is 28.0. The largest absolute Gasteiger partial charge is 0.748 e. The van der Waals surface area contributed by atoms with Crippen LogP contribution >= 0.6 is 0 Å². The predicted molar refractivity (Wildman–Crippen MR) is 162 cm³/mol. The number of rotatable bonds is 23. The molecule has 0 saturated carbocycles. The minimum atomic E-state index is -4.13. The zero-order valence-corrected chi connectivity index (χ0v) is 29.8. The van der Waals surface area contributed by atoms with Crippen LogP contribution in [0.3, 0.4) is 0 Å². The molecule has 0 rings (SSSR count). The van der Waals surface area contributed by atoms with Gasteiger partial charge in [-0.25, -0.2) is 8.42 Å². The van der Waals surface area contributed by atoms with Gasteiger partial charge in [0.1, 0.15) is 0 Å². The monoisotopic (exact) mass is 628 g/mol. The average Bonchev–Trinajstić information content (AvgIpc) is 2.77. The SMILES string of the molecule is CC[Si](=O)C[Si](CCCNC(=O)CCCCC[N+](C)(C)CCCCS(=O)(=O)[O-])(C[Si](=O)CC)O[Si](C)(C)C.[HH]. The summed E-state index contributed by atoms with van der Waals surface area (Å²) in [6.07, 6.45) is 5.09. The van der Waals surface area contributed by atoms with E-state index in [1.165, 1.54) is 0 Å². The maximum Gasteiger partial charge on any atom is 0.275 e. The lowest BCUT2D eigenvalue weighted by Gasteiger charge is -2.37. The summed E-state index contributed by atoms with van der Waals surface area (Å²) in [6.45, 7) is 12.7. The lowest BCUT2D eigenvalue weighted by molar-refractivity contribution is -0.890. The van der Waals surface area contributed by atoms with Gasteiger partial charge < -0.3 is 27.4 Å². The van der Waals surface area contributed by atoms with E-state index in [0.717, 1.165) is 49.3 Å². The van der Waals surface area contributed by atoms with E-state index in [1.807, 2.05) is 13.8 Å². The Morgan fingerprint density at radius 3 is 1.92 bits per heavy atom. The van der Waals surface area contributed by atoms with Crippen LogP contribution in [0.1, 0.15) is 60.2 Å². The van der Waals surface area contributed by atoms with Crippen LogP contribution in [0.5, 0.6) is 0 Å². The van der Waals surface area contributed by atoms with Crippen LogP contribution in [0.2, 0.25) is 49.1 Å². The van der Waals surface area contributed by atoms with Crippen molar-refractivity contribution >= 4 is 50.0 Å². The number of quaternary nitrogens is 1. The van der Waals surface area contributed by atoms with Gasteiger partial charge in [0.05, 0.1) is 37.3 Å². The van der Waals surface area contributed by atoms with Crippen molar-refractivity contribution in [1.29, 1.82) is 0 Å². The van der Waals surface area contributed by atoms with Gasteiger partial charge in [-0.05, 0) is 76.3 Å². The highest BCUT2D eigenvalue weighted by molar-refractivity contribution is 7.85. The molecule has 226 valence electrons. The molecule has 0 radical (unpaired) electrons. The Kier molecular flexibility index (Phi) is 18.1. The Bertz CT molecular complexity index is 838. The summed E-state index contributed by atoms with van der Waals surface area (Å²) >= 11 is 0. The number of hydrogen-bond donors (Lipinski definition) is 1. The van der Waals surface area contributed by atoms with Crippen molar-refractivity contribution in [2.45, 2.75) is 108 Å². The first-order valence-electron chi connectivity index (χ1n) is 14.2. The van der Waals surface area contributed by atoms with E-state index in [1.54, 1.807) is 0 Å². The molecule has 0 heterocycles. The molecule has 1 N–H and O–H groups in total. The molecule has 0 unspecified atom stereocenters. The summed E-state index contributed by atoms with van der Waals surface area (Å²) in [5, 5.41) is 3.03. The van der Waals surface area contributed by atoms with Crippen molar-refractivity contribution in [3.63, 3.8) is 0 Å². The molecule has 0 aromatic heterocycles.